The van der Waals surface area contributed by atoms with Crippen LogP contribution in [0.4, 0.5) is 4.39 Å². The summed E-state index contributed by atoms with van der Waals surface area (Å²) in [6.45, 7) is 8.63. The van der Waals surface area contributed by atoms with E-state index >= 15 is 0 Å². The normalized spacial score (nSPS) is 13.6. The number of carbonyl (C=O) groups is 1. The fraction of sp³-hybridized carbons (Fsp3) is 0.421. The molecule has 0 bridgehead atoms. The quantitative estimate of drug-likeness (QED) is 0.850. The zero-order valence-corrected chi connectivity index (χ0v) is 14.6. The third kappa shape index (κ3) is 4.03. The SMILES string of the molecule is CCn1c(C)cc(C(=O)NC(C)CC(O)c2ccc(F)cc2)c1C. The largest absolute Gasteiger partial charge is 0.388 e. The molecular weight excluding hydrogens is 307 g/mol. The Labute approximate surface area is 142 Å². The number of carbonyl (C=O) groups excluding carboxylic acids is 1. The van der Waals surface area contributed by atoms with Gasteiger partial charge < -0.3 is 15.0 Å². The molecular formula is C19H25FN2O2. The Balaban J connectivity index is 2.00. The van der Waals surface area contributed by atoms with E-state index in [1.165, 1.54) is 12.1 Å². The summed E-state index contributed by atoms with van der Waals surface area (Å²) in [5.41, 5.74) is 3.30. The minimum absolute atomic E-state index is 0.137. The number of aliphatic hydroxyl groups excluding tert-OH is 1. The smallest absolute Gasteiger partial charge is 0.253 e. The number of aromatic nitrogens is 1. The number of aryl methyl sites for hydroxylation is 1. The zero-order chi connectivity index (χ0) is 17.9. The van der Waals surface area contributed by atoms with Gasteiger partial charge in [0.1, 0.15) is 5.82 Å². The Morgan fingerprint density at radius 1 is 1.29 bits per heavy atom. The Bertz CT molecular complexity index is 707. The van der Waals surface area contributed by atoms with E-state index in [1.807, 2.05) is 33.8 Å². The van der Waals surface area contributed by atoms with Gasteiger partial charge in [0.25, 0.3) is 5.91 Å². The first-order valence-corrected chi connectivity index (χ1v) is 8.24. The van der Waals surface area contributed by atoms with Crippen LogP contribution in [0.25, 0.3) is 0 Å². The third-order valence-corrected chi connectivity index (χ3v) is 4.34. The molecule has 1 amide bonds. The van der Waals surface area contributed by atoms with Crippen molar-refractivity contribution in [3.63, 3.8) is 0 Å². The average Bonchev–Trinajstić information content (AvgIpc) is 2.82. The van der Waals surface area contributed by atoms with Gasteiger partial charge in [-0.25, -0.2) is 4.39 Å². The maximum Gasteiger partial charge on any atom is 0.253 e. The average molecular weight is 332 g/mol. The first-order valence-electron chi connectivity index (χ1n) is 8.24. The van der Waals surface area contributed by atoms with Gasteiger partial charge in [0.05, 0.1) is 11.7 Å². The summed E-state index contributed by atoms with van der Waals surface area (Å²) in [4.78, 5) is 12.5. The topological polar surface area (TPSA) is 54.3 Å². The van der Waals surface area contributed by atoms with Crippen LogP contribution < -0.4 is 5.32 Å². The maximum absolute atomic E-state index is 12.9. The molecule has 5 heteroatoms. The van der Waals surface area contributed by atoms with Gasteiger partial charge in [-0.05, 0) is 57.9 Å². The Morgan fingerprint density at radius 3 is 2.46 bits per heavy atom. The predicted molar refractivity (Wildman–Crippen MR) is 92.5 cm³/mol. The van der Waals surface area contributed by atoms with E-state index in [-0.39, 0.29) is 17.8 Å². The van der Waals surface area contributed by atoms with Crippen LogP contribution in [0.1, 0.15) is 53.7 Å². The lowest BCUT2D eigenvalue weighted by molar-refractivity contribution is 0.0916. The molecule has 0 saturated carbocycles. The van der Waals surface area contributed by atoms with Crippen molar-refractivity contribution in [2.75, 3.05) is 0 Å². The minimum Gasteiger partial charge on any atom is -0.388 e. The number of aliphatic hydroxyl groups is 1. The summed E-state index contributed by atoms with van der Waals surface area (Å²) >= 11 is 0. The van der Waals surface area contributed by atoms with Crippen molar-refractivity contribution >= 4 is 5.91 Å². The van der Waals surface area contributed by atoms with Crippen molar-refractivity contribution in [3.8, 4) is 0 Å². The molecule has 0 radical (unpaired) electrons. The van der Waals surface area contributed by atoms with Gasteiger partial charge in [-0.1, -0.05) is 12.1 Å². The summed E-state index contributed by atoms with van der Waals surface area (Å²) < 4.78 is 15.0. The standard InChI is InChI=1S/C19H25FN2O2/c1-5-22-13(3)11-17(14(22)4)19(24)21-12(2)10-18(23)15-6-8-16(20)9-7-15/h6-9,11-12,18,23H,5,10H2,1-4H3,(H,21,24). The van der Waals surface area contributed by atoms with Gasteiger partial charge in [-0.3, -0.25) is 4.79 Å². The summed E-state index contributed by atoms with van der Waals surface area (Å²) in [6.07, 6.45) is -0.381. The Kier molecular flexibility index (Phi) is 5.78. The van der Waals surface area contributed by atoms with Crippen LogP contribution in [0, 0.1) is 19.7 Å². The summed E-state index contributed by atoms with van der Waals surface area (Å²) in [7, 11) is 0. The number of amides is 1. The monoisotopic (exact) mass is 332 g/mol. The second kappa shape index (κ2) is 7.62. The molecule has 2 atom stereocenters. The van der Waals surface area contributed by atoms with Crippen molar-refractivity contribution in [1.82, 2.24) is 9.88 Å². The number of benzene rings is 1. The van der Waals surface area contributed by atoms with Crippen molar-refractivity contribution in [2.24, 2.45) is 0 Å². The highest BCUT2D eigenvalue weighted by Gasteiger charge is 2.19. The zero-order valence-electron chi connectivity index (χ0n) is 14.6. The summed E-state index contributed by atoms with van der Waals surface area (Å²) in [5.74, 6) is -0.472. The first kappa shape index (κ1) is 18.2. The second-order valence-corrected chi connectivity index (χ2v) is 6.21. The Hall–Kier alpha value is -2.14. The van der Waals surface area contributed by atoms with E-state index in [1.54, 1.807) is 12.1 Å². The molecule has 2 unspecified atom stereocenters. The number of hydrogen-bond acceptors (Lipinski definition) is 2. The van der Waals surface area contributed by atoms with Gasteiger partial charge in [-0.2, -0.15) is 0 Å². The minimum atomic E-state index is -0.746. The van der Waals surface area contributed by atoms with E-state index in [0.29, 0.717) is 17.5 Å². The molecule has 1 heterocycles. The lowest BCUT2D eigenvalue weighted by atomic mass is 10.0. The highest BCUT2D eigenvalue weighted by molar-refractivity contribution is 5.95. The van der Waals surface area contributed by atoms with E-state index in [0.717, 1.165) is 17.9 Å². The predicted octanol–water partition coefficient (Wildman–Crippen LogP) is 3.51. The van der Waals surface area contributed by atoms with Crippen molar-refractivity contribution in [1.29, 1.82) is 0 Å². The van der Waals surface area contributed by atoms with Crippen molar-refractivity contribution in [2.45, 2.75) is 52.8 Å². The number of nitrogens with zero attached hydrogens (tertiary/aromatic N) is 1. The highest BCUT2D eigenvalue weighted by atomic mass is 19.1. The number of halogens is 1. The van der Waals surface area contributed by atoms with E-state index in [9.17, 15) is 14.3 Å². The van der Waals surface area contributed by atoms with Gasteiger partial charge in [0.2, 0.25) is 0 Å². The number of nitrogens with one attached hydrogen (secondary N) is 1. The molecule has 24 heavy (non-hydrogen) atoms. The van der Waals surface area contributed by atoms with Crippen LogP contribution in [0.3, 0.4) is 0 Å². The number of rotatable bonds is 6. The van der Waals surface area contributed by atoms with Crippen LogP contribution >= 0.6 is 0 Å². The molecule has 0 aliphatic carbocycles. The Morgan fingerprint density at radius 2 is 1.92 bits per heavy atom. The van der Waals surface area contributed by atoms with Crippen LogP contribution in [0.15, 0.2) is 30.3 Å². The molecule has 0 fully saturated rings. The molecule has 0 saturated heterocycles. The third-order valence-electron chi connectivity index (χ3n) is 4.34. The molecule has 2 aromatic rings. The second-order valence-electron chi connectivity index (χ2n) is 6.21. The van der Waals surface area contributed by atoms with E-state index in [4.69, 9.17) is 0 Å². The fourth-order valence-corrected chi connectivity index (χ4v) is 3.03. The van der Waals surface area contributed by atoms with Gasteiger partial charge >= 0.3 is 0 Å². The molecule has 1 aromatic heterocycles. The van der Waals surface area contributed by atoms with E-state index in [2.05, 4.69) is 9.88 Å². The van der Waals surface area contributed by atoms with Crippen LogP contribution in [0.2, 0.25) is 0 Å². The van der Waals surface area contributed by atoms with Crippen LogP contribution in [-0.4, -0.2) is 21.6 Å². The van der Waals surface area contributed by atoms with E-state index < -0.39 is 6.10 Å². The lowest BCUT2D eigenvalue weighted by Crippen LogP contribution is -2.34. The van der Waals surface area contributed by atoms with Crippen LogP contribution in [0.5, 0.6) is 0 Å². The fourth-order valence-electron chi connectivity index (χ4n) is 3.03. The molecule has 2 N–H and O–H groups in total. The molecule has 0 aliphatic rings. The summed E-state index contributed by atoms with van der Waals surface area (Å²) in [5, 5.41) is 13.2. The van der Waals surface area contributed by atoms with Gasteiger partial charge in [0.15, 0.2) is 0 Å². The van der Waals surface area contributed by atoms with Gasteiger partial charge in [0, 0.05) is 24.0 Å². The summed E-state index contributed by atoms with van der Waals surface area (Å²) in [6, 6.07) is 7.44. The number of hydrogen-bond donors (Lipinski definition) is 2. The molecule has 4 nitrogen and oxygen atoms in total. The molecule has 130 valence electrons. The molecule has 0 spiro atoms. The van der Waals surface area contributed by atoms with Gasteiger partial charge in [-0.15, -0.1) is 0 Å². The first-order chi connectivity index (χ1) is 11.3. The lowest BCUT2D eigenvalue weighted by Gasteiger charge is -2.18. The molecule has 1 aromatic carbocycles. The van der Waals surface area contributed by atoms with Crippen LogP contribution in [-0.2, 0) is 6.54 Å². The highest BCUT2D eigenvalue weighted by Crippen LogP contribution is 2.20. The molecule has 2 rings (SSSR count). The van der Waals surface area contributed by atoms with Crippen molar-refractivity contribution < 1.29 is 14.3 Å². The van der Waals surface area contributed by atoms with Crippen molar-refractivity contribution in [3.05, 3.63) is 58.7 Å². The molecule has 0 aliphatic heterocycles. The maximum atomic E-state index is 12.9.